The molecule has 0 saturated carbocycles. The lowest BCUT2D eigenvalue weighted by molar-refractivity contribution is 0.0901. The molecule has 2 unspecified atom stereocenters. The number of ether oxygens (including phenoxy) is 3. The number of methoxy groups -OCH3 is 1. The van der Waals surface area contributed by atoms with Crippen molar-refractivity contribution in [1.29, 1.82) is 0 Å². The number of hydrogen-bond acceptors (Lipinski definition) is 4. The van der Waals surface area contributed by atoms with E-state index in [2.05, 4.69) is 30.1 Å². The number of allylic oxidation sites excluding steroid dienone is 3. The second-order valence-corrected chi connectivity index (χ2v) is 6.62. The fourth-order valence-electron chi connectivity index (χ4n) is 3.60. The SMILES string of the molecule is COCC1(C)CCN(C(C2=CC=CCC2)C2=COC=CO2)C1. The van der Waals surface area contributed by atoms with E-state index in [1.807, 2.05) is 0 Å². The molecule has 0 aromatic carbocycles. The van der Waals surface area contributed by atoms with Gasteiger partial charge in [-0.3, -0.25) is 4.90 Å². The van der Waals surface area contributed by atoms with Crippen molar-refractivity contribution in [3.63, 3.8) is 0 Å². The van der Waals surface area contributed by atoms with Crippen LogP contribution in [0.4, 0.5) is 0 Å². The lowest BCUT2D eigenvalue weighted by atomic mass is 9.90. The van der Waals surface area contributed by atoms with Crippen molar-refractivity contribution in [2.75, 3.05) is 26.8 Å². The molecule has 0 aromatic heterocycles. The van der Waals surface area contributed by atoms with Crippen LogP contribution in [0, 0.1) is 5.41 Å². The zero-order valence-corrected chi connectivity index (χ0v) is 13.5. The molecule has 4 heteroatoms. The largest absolute Gasteiger partial charge is 0.466 e. The van der Waals surface area contributed by atoms with Gasteiger partial charge in [0, 0.05) is 19.1 Å². The van der Waals surface area contributed by atoms with Crippen LogP contribution in [-0.4, -0.2) is 37.7 Å². The predicted octanol–water partition coefficient (Wildman–Crippen LogP) is 3.35. The summed E-state index contributed by atoms with van der Waals surface area (Å²) in [6.07, 6.45) is 14.8. The third-order valence-corrected chi connectivity index (χ3v) is 4.63. The Bertz CT molecular complexity index is 520. The molecule has 0 N–H and O–H groups in total. The Labute approximate surface area is 132 Å². The van der Waals surface area contributed by atoms with Crippen molar-refractivity contribution in [3.8, 4) is 0 Å². The standard InChI is InChI=1S/C18H25NO3/c1-18(14-20-2)8-9-19(13-18)17(15-6-4-3-5-7-15)16-12-21-10-11-22-16/h3-4,6,10-12,17H,5,7-9,13-14H2,1-2H3. The van der Waals surface area contributed by atoms with E-state index in [-0.39, 0.29) is 11.5 Å². The first kappa shape index (κ1) is 15.4. The summed E-state index contributed by atoms with van der Waals surface area (Å²) in [4.78, 5) is 2.50. The van der Waals surface area contributed by atoms with E-state index >= 15 is 0 Å². The summed E-state index contributed by atoms with van der Waals surface area (Å²) >= 11 is 0. The van der Waals surface area contributed by atoms with E-state index in [1.165, 1.54) is 5.57 Å². The van der Waals surface area contributed by atoms with Crippen LogP contribution in [0.3, 0.4) is 0 Å². The van der Waals surface area contributed by atoms with Crippen molar-refractivity contribution >= 4 is 0 Å². The van der Waals surface area contributed by atoms with Gasteiger partial charge in [-0.1, -0.05) is 25.2 Å². The third-order valence-electron chi connectivity index (χ3n) is 4.63. The smallest absolute Gasteiger partial charge is 0.160 e. The van der Waals surface area contributed by atoms with Crippen LogP contribution < -0.4 is 0 Å². The van der Waals surface area contributed by atoms with Gasteiger partial charge in [0.1, 0.15) is 18.8 Å². The first-order valence-corrected chi connectivity index (χ1v) is 7.98. The number of hydrogen-bond donors (Lipinski definition) is 0. The second kappa shape index (κ2) is 6.71. The van der Waals surface area contributed by atoms with Crippen LogP contribution in [0.1, 0.15) is 26.2 Å². The zero-order chi connectivity index (χ0) is 15.4. The fourth-order valence-corrected chi connectivity index (χ4v) is 3.60. The summed E-state index contributed by atoms with van der Waals surface area (Å²) in [5, 5.41) is 0. The van der Waals surface area contributed by atoms with Crippen LogP contribution >= 0.6 is 0 Å². The van der Waals surface area contributed by atoms with E-state index in [4.69, 9.17) is 14.2 Å². The summed E-state index contributed by atoms with van der Waals surface area (Å²) in [5.74, 6) is 0.880. The molecule has 2 heterocycles. The fraction of sp³-hybridized carbons (Fsp3) is 0.556. The Kier molecular flexibility index (Phi) is 4.69. The summed E-state index contributed by atoms with van der Waals surface area (Å²) in [7, 11) is 1.78. The van der Waals surface area contributed by atoms with Crippen LogP contribution in [0.25, 0.3) is 0 Å². The summed E-state index contributed by atoms with van der Waals surface area (Å²) in [5.41, 5.74) is 1.61. The molecule has 22 heavy (non-hydrogen) atoms. The van der Waals surface area contributed by atoms with Crippen molar-refractivity contribution in [1.82, 2.24) is 4.90 Å². The highest BCUT2D eigenvalue weighted by atomic mass is 16.5. The second-order valence-electron chi connectivity index (χ2n) is 6.62. The van der Waals surface area contributed by atoms with Crippen molar-refractivity contribution in [2.24, 2.45) is 5.41 Å². The molecule has 4 nitrogen and oxygen atoms in total. The average molecular weight is 303 g/mol. The molecule has 2 atom stereocenters. The molecule has 120 valence electrons. The van der Waals surface area contributed by atoms with E-state index in [0.717, 1.165) is 44.7 Å². The molecule has 2 aliphatic heterocycles. The Morgan fingerprint density at radius 2 is 2.32 bits per heavy atom. The Balaban J connectivity index is 1.81. The minimum Gasteiger partial charge on any atom is -0.466 e. The molecule has 0 spiro atoms. The van der Waals surface area contributed by atoms with Crippen molar-refractivity contribution in [3.05, 3.63) is 48.3 Å². The highest BCUT2D eigenvalue weighted by Crippen LogP contribution is 2.36. The minimum atomic E-state index is 0.161. The van der Waals surface area contributed by atoms with Crippen molar-refractivity contribution < 1.29 is 14.2 Å². The summed E-state index contributed by atoms with van der Waals surface area (Å²) in [6.45, 7) is 5.16. The molecule has 0 aromatic rings. The van der Waals surface area contributed by atoms with Crippen LogP contribution in [0.2, 0.25) is 0 Å². The number of likely N-dealkylation sites (tertiary alicyclic amines) is 1. The van der Waals surface area contributed by atoms with E-state index in [1.54, 1.807) is 25.9 Å². The molecule has 1 fully saturated rings. The topological polar surface area (TPSA) is 30.9 Å². The first-order chi connectivity index (χ1) is 10.7. The lowest BCUT2D eigenvalue weighted by Crippen LogP contribution is -2.39. The molecule has 0 amide bonds. The molecule has 1 saturated heterocycles. The maximum absolute atomic E-state index is 5.75. The first-order valence-electron chi connectivity index (χ1n) is 7.98. The Hall–Kier alpha value is -1.52. The average Bonchev–Trinajstić information content (AvgIpc) is 2.92. The Morgan fingerprint density at radius 3 is 3.00 bits per heavy atom. The van der Waals surface area contributed by atoms with Gasteiger partial charge in [-0.05, 0) is 31.4 Å². The predicted molar refractivity (Wildman–Crippen MR) is 85.8 cm³/mol. The summed E-state index contributed by atoms with van der Waals surface area (Å²) in [6, 6.07) is 0.161. The quantitative estimate of drug-likeness (QED) is 0.779. The maximum atomic E-state index is 5.75. The van der Waals surface area contributed by atoms with Crippen LogP contribution in [-0.2, 0) is 14.2 Å². The maximum Gasteiger partial charge on any atom is 0.160 e. The molecular weight excluding hydrogens is 278 g/mol. The van der Waals surface area contributed by atoms with Gasteiger partial charge >= 0.3 is 0 Å². The van der Waals surface area contributed by atoms with Crippen LogP contribution in [0.15, 0.2) is 48.3 Å². The van der Waals surface area contributed by atoms with E-state index in [9.17, 15) is 0 Å². The lowest BCUT2D eigenvalue weighted by Gasteiger charge is -2.33. The summed E-state index contributed by atoms with van der Waals surface area (Å²) < 4.78 is 16.5. The van der Waals surface area contributed by atoms with E-state index < -0.39 is 0 Å². The minimum absolute atomic E-state index is 0.161. The third kappa shape index (κ3) is 3.28. The molecule has 3 rings (SSSR count). The molecular formula is C18H25NO3. The van der Waals surface area contributed by atoms with Gasteiger partial charge in [0.05, 0.1) is 12.6 Å². The van der Waals surface area contributed by atoms with E-state index in [0.29, 0.717) is 0 Å². The zero-order valence-electron chi connectivity index (χ0n) is 13.5. The molecule has 0 bridgehead atoms. The van der Waals surface area contributed by atoms with Gasteiger partial charge in [0.25, 0.3) is 0 Å². The monoisotopic (exact) mass is 303 g/mol. The van der Waals surface area contributed by atoms with Crippen molar-refractivity contribution in [2.45, 2.75) is 32.2 Å². The van der Waals surface area contributed by atoms with Crippen LogP contribution in [0.5, 0.6) is 0 Å². The molecule has 1 aliphatic carbocycles. The van der Waals surface area contributed by atoms with Gasteiger partial charge < -0.3 is 14.2 Å². The van der Waals surface area contributed by atoms with Gasteiger partial charge in [0.15, 0.2) is 5.76 Å². The molecule has 3 aliphatic rings. The highest BCUT2D eigenvalue weighted by molar-refractivity contribution is 5.30. The van der Waals surface area contributed by atoms with Gasteiger partial charge in [-0.25, -0.2) is 0 Å². The van der Waals surface area contributed by atoms with Gasteiger partial charge in [0.2, 0.25) is 0 Å². The van der Waals surface area contributed by atoms with Gasteiger partial charge in [-0.2, -0.15) is 0 Å². The van der Waals surface area contributed by atoms with Gasteiger partial charge in [-0.15, -0.1) is 0 Å². The number of rotatable bonds is 5. The normalized spacial score (nSPS) is 29.5. The highest BCUT2D eigenvalue weighted by Gasteiger charge is 2.40. The number of nitrogens with zero attached hydrogens (tertiary/aromatic N) is 1. The Morgan fingerprint density at radius 1 is 1.41 bits per heavy atom. The molecule has 0 radical (unpaired) electrons.